The fourth-order valence-electron chi connectivity index (χ4n) is 2.45. The van der Waals surface area contributed by atoms with Crippen molar-refractivity contribution in [2.45, 2.75) is 43.9 Å². The number of hydrogen-bond acceptors (Lipinski definition) is 2. The van der Waals surface area contributed by atoms with Crippen LogP contribution in [0.4, 0.5) is 23.7 Å². The van der Waals surface area contributed by atoms with Gasteiger partial charge >= 0.3 is 12.2 Å². The molecule has 21 heavy (non-hydrogen) atoms. The molecule has 0 unspecified atom stereocenters. The summed E-state index contributed by atoms with van der Waals surface area (Å²) in [6, 6.07) is 3.76. The van der Waals surface area contributed by atoms with Crippen molar-refractivity contribution in [3.05, 3.63) is 29.8 Å². The lowest BCUT2D eigenvalue weighted by Crippen LogP contribution is -2.50. The summed E-state index contributed by atoms with van der Waals surface area (Å²) in [5.74, 6) is 0. The number of nitrogens with one attached hydrogen (secondary N) is 2. The molecule has 0 heterocycles. The number of carbonyl (C=O) groups excluding carboxylic acids is 1. The smallest absolute Gasteiger partial charge is 0.334 e. The second kappa shape index (κ2) is 6.34. The van der Waals surface area contributed by atoms with E-state index in [1.165, 1.54) is 12.1 Å². The lowest BCUT2D eigenvalue weighted by Gasteiger charge is -2.29. The number of rotatable bonds is 2. The van der Waals surface area contributed by atoms with Crippen molar-refractivity contribution in [2.24, 2.45) is 5.73 Å². The molecule has 1 aliphatic carbocycles. The Morgan fingerprint density at radius 3 is 2.62 bits per heavy atom. The van der Waals surface area contributed by atoms with Gasteiger partial charge in [0.1, 0.15) is 0 Å². The molecular weight excluding hydrogens is 283 g/mol. The molecule has 7 heteroatoms. The molecular formula is C14H18F3N3O. The normalized spacial score (nSPS) is 22.7. The fraction of sp³-hybridized carbons (Fsp3) is 0.500. The van der Waals surface area contributed by atoms with Gasteiger partial charge in [0.05, 0.1) is 5.56 Å². The van der Waals surface area contributed by atoms with Gasteiger partial charge in [-0.2, -0.15) is 13.2 Å². The van der Waals surface area contributed by atoms with E-state index in [4.69, 9.17) is 5.73 Å². The minimum Gasteiger partial charge on any atom is -0.334 e. The minimum atomic E-state index is -4.43. The van der Waals surface area contributed by atoms with Gasteiger partial charge < -0.3 is 16.4 Å². The van der Waals surface area contributed by atoms with Gasteiger partial charge in [-0.3, -0.25) is 0 Å². The maximum absolute atomic E-state index is 12.6. The molecule has 4 nitrogen and oxygen atoms in total. The molecule has 0 aromatic heterocycles. The fourth-order valence-corrected chi connectivity index (χ4v) is 2.45. The number of benzene rings is 1. The van der Waals surface area contributed by atoms with Crippen molar-refractivity contribution in [1.82, 2.24) is 5.32 Å². The van der Waals surface area contributed by atoms with Gasteiger partial charge in [-0.25, -0.2) is 4.79 Å². The Morgan fingerprint density at radius 1 is 1.24 bits per heavy atom. The zero-order valence-corrected chi connectivity index (χ0v) is 11.4. The summed E-state index contributed by atoms with van der Waals surface area (Å²) in [6.07, 6.45) is -0.775. The Labute approximate surface area is 120 Å². The highest BCUT2D eigenvalue weighted by Crippen LogP contribution is 2.30. The molecule has 1 aromatic carbocycles. The number of carbonyl (C=O) groups is 1. The second-order valence-corrected chi connectivity index (χ2v) is 5.23. The summed E-state index contributed by atoms with van der Waals surface area (Å²) in [4.78, 5) is 11.8. The first-order valence-corrected chi connectivity index (χ1v) is 6.86. The number of nitrogens with two attached hydrogens (primary N) is 1. The van der Waals surface area contributed by atoms with E-state index in [1.807, 2.05) is 0 Å². The Hall–Kier alpha value is -1.76. The van der Waals surface area contributed by atoms with E-state index in [0.717, 1.165) is 37.8 Å². The van der Waals surface area contributed by atoms with E-state index in [2.05, 4.69) is 10.6 Å². The number of halogens is 3. The van der Waals surface area contributed by atoms with Crippen LogP contribution >= 0.6 is 0 Å². The molecule has 2 amide bonds. The van der Waals surface area contributed by atoms with Crippen molar-refractivity contribution < 1.29 is 18.0 Å². The molecule has 4 N–H and O–H groups in total. The topological polar surface area (TPSA) is 67.1 Å². The van der Waals surface area contributed by atoms with Crippen LogP contribution in [0, 0.1) is 0 Å². The first kappa shape index (κ1) is 15.6. The summed E-state index contributed by atoms with van der Waals surface area (Å²) in [5, 5.41) is 5.14. The predicted molar refractivity (Wildman–Crippen MR) is 73.8 cm³/mol. The Balaban J connectivity index is 1.96. The summed E-state index contributed by atoms with van der Waals surface area (Å²) in [5.41, 5.74) is 5.22. The summed E-state index contributed by atoms with van der Waals surface area (Å²) in [7, 11) is 0. The van der Waals surface area contributed by atoms with Gasteiger partial charge in [0.2, 0.25) is 0 Å². The second-order valence-electron chi connectivity index (χ2n) is 5.23. The molecule has 1 saturated carbocycles. The van der Waals surface area contributed by atoms with E-state index in [-0.39, 0.29) is 17.8 Å². The average Bonchev–Trinajstić information content (AvgIpc) is 2.41. The van der Waals surface area contributed by atoms with Gasteiger partial charge in [-0.15, -0.1) is 0 Å². The monoisotopic (exact) mass is 301 g/mol. The average molecular weight is 301 g/mol. The van der Waals surface area contributed by atoms with Gasteiger partial charge in [0, 0.05) is 17.8 Å². The highest BCUT2D eigenvalue weighted by molar-refractivity contribution is 5.89. The third-order valence-electron chi connectivity index (χ3n) is 3.58. The molecule has 0 spiro atoms. The number of hydrogen-bond donors (Lipinski definition) is 3. The zero-order chi connectivity index (χ0) is 15.5. The van der Waals surface area contributed by atoms with Crippen LogP contribution in [0.1, 0.15) is 31.2 Å². The lowest BCUT2D eigenvalue weighted by molar-refractivity contribution is -0.137. The van der Waals surface area contributed by atoms with Crippen LogP contribution in [0.5, 0.6) is 0 Å². The van der Waals surface area contributed by atoms with Crippen LogP contribution in [0.25, 0.3) is 0 Å². The van der Waals surface area contributed by atoms with Gasteiger partial charge in [0.25, 0.3) is 0 Å². The van der Waals surface area contributed by atoms with Crippen molar-refractivity contribution in [1.29, 1.82) is 0 Å². The standard InChI is InChI=1S/C14H18F3N3O/c15-14(16,17)9-4-3-5-10(8-9)19-13(21)20-12-7-2-1-6-11(12)18/h3-5,8,11-12H,1-2,6-7,18H2,(H2,19,20,21)/t11-,12-/m1/s1. The highest BCUT2D eigenvalue weighted by atomic mass is 19.4. The molecule has 0 aliphatic heterocycles. The molecule has 2 rings (SSSR count). The third kappa shape index (κ3) is 4.35. The molecule has 1 aromatic rings. The summed E-state index contributed by atoms with van der Waals surface area (Å²) in [6.45, 7) is 0. The van der Waals surface area contributed by atoms with Gasteiger partial charge in [-0.05, 0) is 31.0 Å². The van der Waals surface area contributed by atoms with Crippen LogP contribution in [-0.4, -0.2) is 18.1 Å². The van der Waals surface area contributed by atoms with Crippen LogP contribution in [0.3, 0.4) is 0 Å². The van der Waals surface area contributed by atoms with Crippen LogP contribution in [0.2, 0.25) is 0 Å². The SMILES string of the molecule is N[C@@H]1CCCC[C@H]1NC(=O)Nc1cccc(C(F)(F)F)c1. The number of amides is 2. The largest absolute Gasteiger partial charge is 0.416 e. The van der Waals surface area contributed by atoms with Crippen LogP contribution in [0.15, 0.2) is 24.3 Å². The highest BCUT2D eigenvalue weighted by Gasteiger charge is 2.30. The van der Waals surface area contributed by atoms with E-state index < -0.39 is 17.8 Å². The molecule has 2 atom stereocenters. The van der Waals surface area contributed by atoms with Crippen LogP contribution < -0.4 is 16.4 Å². The van der Waals surface area contributed by atoms with Gasteiger partial charge in [0.15, 0.2) is 0 Å². The summed E-state index contributed by atoms with van der Waals surface area (Å²) < 4.78 is 37.8. The maximum atomic E-state index is 12.6. The molecule has 0 saturated heterocycles. The van der Waals surface area contributed by atoms with Gasteiger partial charge in [-0.1, -0.05) is 18.9 Å². The van der Waals surface area contributed by atoms with Crippen molar-refractivity contribution in [3.8, 4) is 0 Å². The maximum Gasteiger partial charge on any atom is 0.416 e. The van der Waals surface area contributed by atoms with Crippen molar-refractivity contribution in [2.75, 3.05) is 5.32 Å². The molecule has 0 bridgehead atoms. The number of anilines is 1. The van der Waals surface area contributed by atoms with Crippen molar-refractivity contribution >= 4 is 11.7 Å². The van der Waals surface area contributed by atoms with E-state index in [9.17, 15) is 18.0 Å². The first-order valence-electron chi connectivity index (χ1n) is 6.86. The molecule has 1 fully saturated rings. The minimum absolute atomic E-state index is 0.103. The van der Waals surface area contributed by atoms with E-state index >= 15 is 0 Å². The predicted octanol–water partition coefficient (Wildman–Crippen LogP) is 3.10. The van der Waals surface area contributed by atoms with Crippen LogP contribution in [-0.2, 0) is 6.18 Å². The molecule has 116 valence electrons. The summed E-state index contributed by atoms with van der Waals surface area (Å²) >= 11 is 0. The number of urea groups is 1. The quantitative estimate of drug-likeness (QED) is 0.785. The molecule has 1 aliphatic rings. The number of alkyl halides is 3. The lowest BCUT2D eigenvalue weighted by atomic mass is 9.91. The molecule has 0 radical (unpaired) electrons. The Morgan fingerprint density at radius 2 is 1.95 bits per heavy atom. The Bertz CT molecular complexity index is 504. The van der Waals surface area contributed by atoms with Crippen molar-refractivity contribution in [3.63, 3.8) is 0 Å². The van der Waals surface area contributed by atoms with E-state index in [0.29, 0.717) is 0 Å². The first-order chi connectivity index (χ1) is 9.86. The van der Waals surface area contributed by atoms with E-state index in [1.54, 1.807) is 0 Å². The third-order valence-corrected chi connectivity index (χ3v) is 3.58. The Kier molecular flexibility index (Phi) is 4.72. The zero-order valence-electron chi connectivity index (χ0n) is 11.4.